The van der Waals surface area contributed by atoms with Gasteiger partial charge in [-0.2, -0.15) is 18.4 Å². The number of benzene rings is 2. The summed E-state index contributed by atoms with van der Waals surface area (Å²) in [5, 5.41) is 9.69. The number of nitrogens with one attached hydrogen (secondary N) is 1. The summed E-state index contributed by atoms with van der Waals surface area (Å²) in [6.45, 7) is 0.0933. The molecule has 0 saturated heterocycles. The molecule has 2 aromatic carbocycles. The van der Waals surface area contributed by atoms with Crippen LogP contribution in [0.25, 0.3) is 17.2 Å². The van der Waals surface area contributed by atoms with Crippen LogP contribution in [0.4, 0.5) is 13.2 Å². The van der Waals surface area contributed by atoms with E-state index in [1.807, 2.05) is 6.08 Å². The molecule has 1 aliphatic heterocycles. The molecule has 1 aromatic heterocycles. The number of hydrogen-bond donors (Lipinski definition) is 1. The normalized spacial score (nSPS) is 12.3. The topological polar surface area (TPSA) is 87.5 Å². The Hall–Kier alpha value is -4.06. The molecule has 6 nitrogen and oxygen atoms in total. The second-order valence-corrected chi connectivity index (χ2v) is 6.99. The fraction of sp³-hybridized carbons (Fsp3) is 0.174. The van der Waals surface area contributed by atoms with Crippen LogP contribution in [0, 0.1) is 11.3 Å². The quantitative estimate of drug-likeness (QED) is 0.662. The van der Waals surface area contributed by atoms with Crippen LogP contribution < -0.4 is 25.7 Å². The van der Waals surface area contributed by atoms with Crippen LogP contribution in [0.5, 0.6) is 11.5 Å². The van der Waals surface area contributed by atoms with Crippen molar-refractivity contribution in [3.8, 4) is 28.7 Å². The number of aromatic amines is 1. The maximum atomic E-state index is 13.4. The van der Waals surface area contributed by atoms with E-state index >= 15 is 0 Å². The zero-order valence-electron chi connectivity index (χ0n) is 16.8. The number of methoxy groups -OCH3 is 1. The third kappa shape index (κ3) is 4.07. The number of alkyl halides is 3. The lowest BCUT2D eigenvalue weighted by atomic mass is 10.0. The summed E-state index contributed by atoms with van der Waals surface area (Å²) >= 11 is 0. The Labute approximate surface area is 179 Å². The molecule has 0 aliphatic carbocycles. The Morgan fingerprint density at radius 1 is 1.16 bits per heavy atom. The third-order valence-corrected chi connectivity index (χ3v) is 5.01. The average molecular weight is 439 g/mol. The van der Waals surface area contributed by atoms with Crippen LogP contribution in [-0.2, 0) is 12.8 Å². The van der Waals surface area contributed by atoms with Crippen molar-refractivity contribution in [1.29, 1.82) is 5.26 Å². The molecule has 0 radical (unpaired) electrons. The number of aromatic nitrogens is 1. The molecule has 0 bridgehead atoms. The smallest absolute Gasteiger partial charge is 0.416 e. The van der Waals surface area contributed by atoms with Gasteiger partial charge in [0.25, 0.3) is 0 Å². The summed E-state index contributed by atoms with van der Waals surface area (Å²) in [4.78, 5) is 18.9. The largest absolute Gasteiger partial charge is 0.493 e. The van der Waals surface area contributed by atoms with Crippen molar-refractivity contribution in [1.82, 2.24) is 4.98 Å². The lowest BCUT2D eigenvalue weighted by molar-refractivity contribution is -0.138. The minimum atomic E-state index is -4.62. The summed E-state index contributed by atoms with van der Waals surface area (Å²) in [7, 11) is 1.42. The summed E-state index contributed by atoms with van der Waals surface area (Å²) < 4.78 is 51.2. The van der Waals surface area contributed by atoms with E-state index in [-0.39, 0.29) is 29.0 Å². The molecule has 3 aromatic rings. The van der Waals surface area contributed by atoms with Crippen molar-refractivity contribution in [2.75, 3.05) is 13.7 Å². The fourth-order valence-corrected chi connectivity index (χ4v) is 3.50. The van der Waals surface area contributed by atoms with Crippen molar-refractivity contribution in [2.45, 2.75) is 12.8 Å². The van der Waals surface area contributed by atoms with E-state index in [1.165, 1.54) is 25.3 Å². The molecule has 0 fully saturated rings. The van der Waals surface area contributed by atoms with Gasteiger partial charge in [-0.3, -0.25) is 9.79 Å². The maximum absolute atomic E-state index is 13.4. The van der Waals surface area contributed by atoms with Gasteiger partial charge in [0.1, 0.15) is 12.1 Å². The fourth-order valence-electron chi connectivity index (χ4n) is 3.50. The Balaban J connectivity index is 1.67. The molecule has 0 saturated carbocycles. The highest BCUT2D eigenvalue weighted by Gasteiger charge is 2.33. The first kappa shape index (κ1) is 21.2. The zero-order valence-corrected chi connectivity index (χ0v) is 16.8. The van der Waals surface area contributed by atoms with E-state index < -0.39 is 11.7 Å². The highest BCUT2D eigenvalue weighted by molar-refractivity contribution is 5.68. The van der Waals surface area contributed by atoms with E-state index in [4.69, 9.17) is 14.7 Å². The van der Waals surface area contributed by atoms with Crippen molar-refractivity contribution in [3.63, 3.8) is 0 Å². The summed E-state index contributed by atoms with van der Waals surface area (Å²) in [5.74, 6) is 0.539. The summed E-state index contributed by atoms with van der Waals surface area (Å²) in [6.07, 6.45) is -2.73. The first-order chi connectivity index (χ1) is 15.3. The number of nitrogens with zero attached hydrogens (tertiary/aromatic N) is 2. The lowest BCUT2D eigenvalue weighted by Gasteiger charge is -2.16. The van der Waals surface area contributed by atoms with Crippen LogP contribution in [0.1, 0.15) is 16.7 Å². The van der Waals surface area contributed by atoms with E-state index in [2.05, 4.69) is 9.98 Å². The van der Waals surface area contributed by atoms with Crippen molar-refractivity contribution in [2.24, 2.45) is 4.99 Å². The Kier molecular flexibility index (Phi) is 5.45. The number of H-pyrrole nitrogens is 1. The van der Waals surface area contributed by atoms with Crippen molar-refractivity contribution >= 4 is 6.08 Å². The van der Waals surface area contributed by atoms with Crippen LogP contribution in [0.2, 0.25) is 0 Å². The Morgan fingerprint density at radius 3 is 2.69 bits per heavy atom. The minimum Gasteiger partial charge on any atom is -0.493 e. The van der Waals surface area contributed by atoms with Gasteiger partial charge in [0.05, 0.1) is 30.9 Å². The van der Waals surface area contributed by atoms with Gasteiger partial charge < -0.3 is 14.5 Å². The molecule has 0 amide bonds. The van der Waals surface area contributed by atoms with Crippen LogP contribution in [-0.4, -0.2) is 18.6 Å². The number of halogens is 3. The van der Waals surface area contributed by atoms with E-state index in [1.54, 1.807) is 24.3 Å². The second kappa shape index (κ2) is 8.23. The second-order valence-electron chi connectivity index (χ2n) is 6.99. The molecule has 9 heteroatoms. The van der Waals surface area contributed by atoms with Gasteiger partial charge in [-0.1, -0.05) is 18.2 Å². The lowest BCUT2D eigenvalue weighted by Crippen LogP contribution is -2.33. The first-order valence-corrected chi connectivity index (χ1v) is 9.49. The molecule has 0 spiro atoms. The van der Waals surface area contributed by atoms with Crippen molar-refractivity contribution in [3.05, 3.63) is 80.2 Å². The van der Waals surface area contributed by atoms with Crippen LogP contribution in [0.15, 0.2) is 52.3 Å². The van der Waals surface area contributed by atoms with Gasteiger partial charge in [0.15, 0.2) is 11.5 Å². The molecule has 1 aliphatic rings. The zero-order chi connectivity index (χ0) is 22.9. The number of rotatable bonds is 5. The van der Waals surface area contributed by atoms with Gasteiger partial charge in [-0.05, 0) is 35.4 Å². The summed E-state index contributed by atoms with van der Waals surface area (Å²) in [6, 6.07) is 11.4. The third-order valence-electron chi connectivity index (χ3n) is 5.01. The molecule has 1 N–H and O–H groups in total. The van der Waals surface area contributed by atoms with E-state index in [9.17, 15) is 18.0 Å². The molecule has 0 atom stereocenters. The van der Waals surface area contributed by atoms with E-state index in [0.29, 0.717) is 28.9 Å². The van der Waals surface area contributed by atoms with Gasteiger partial charge in [-0.25, -0.2) is 0 Å². The van der Waals surface area contributed by atoms with Gasteiger partial charge in [-0.15, -0.1) is 0 Å². The van der Waals surface area contributed by atoms with Crippen LogP contribution >= 0.6 is 0 Å². The Bertz CT molecular complexity index is 1420. The number of ether oxygens (including phenoxy) is 2. The number of pyridine rings is 1. The Morgan fingerprint density at radius 2 is 1.97 bits per heavy atom. The summed E-state index contributed by atoms with van der Waals surface area (Å²) in [5.41, 5.74) is 0.444. The molecular weight excluding hydrogens is 423 g/mol. The molecule has 32 heavy (non-hydrogen) atoms. The van der Waals surface area contributed by atoms with Crippen LogP contribution in [0.3, 0.4) is 0 Å². The molecule has 0 unspecified atom stereocenters. The SMILES string of the molecule is COc1cc(-c2cc(=O)[nH]c3c2=CCN=3)ccc1OCc1ccc(C#N)cc1C(F)(F)F. The minimum absolute atomic E-state index is 0.0862. The molecule has 4 rings (SSSR count). The highest BCUT2D eigenvalue weighted by Crippen LogP contribution is 2.35. The number of nitriles is 1. The molecule has 162 valence electrons. The van der Waals surface area contributed by atoms with Crippen molar-refractivity contribution < 1.29 is 22.6 Å². The molecular formula is C23H16F3N3O3. The monoisotopic (exact) mass is 439 g/mol. The standard InChI is InChI=1S/C23H16F3N3O3/c1-31-20-9-14(17-10-21(30)29-22-16(17)6-7-28-22)4-5-19(20)32-12-15-3-2-13(11-27)8-18(15)23(24,25)26/h2-6,8-10H,7,12H2,1H3,(H,28,29,30). The molecule has 2 heterocycles. The predicted molar refractivity (Wildman–Crippen MR) is 110 cm³/mol. The van der Waals surface area contributed by atoms with Gasteiger partial charge >= 0.3 is 6.18 Å². The first-order valence-electron chi connectivity index (χ1n) is 9.49. The number of fused-ring (bicyclic) bond motifs is 1. The maximum Gasteiger partial charge on any atom is 0.416 e. The average Bonchev–Trinajstić information content (AvgIpc) is 3.24. The number of hydrogen-bond acceptors (Lipinski definition) is 5. The predicted octanol–water partition coefficient (Wildman–Crippen LogP) is 2.93. The highest BCUT2D eigenvalue weighted by atomic mass is 19.4. The van der Waals surface area contributed by atoms with Gasteiger partial charge in [0.2, 0.25) is 5.56 Å². The van der Waals surface area contributed by atoms with Gasteiger partial charge in [0, 0.05) is 16.8 Å². The van der Waals surface area contributed by atoms with E-state index in [0.717, 1.165) is 11.3 Å².